The molecule has 0 atom stereocenters. The zero-order valence-corrected chi connectivity index (χ0v) is 19.6. The van der Waals surface area contributed by atoms with Crippen LogP contribution in [0.5, 0.6) is 5.75 Å². The van der Waals surface area contributed by atoms with Crippen LogP contribution in [0.3, 0.4) is 0 Å². The van der Waals surface area contributed by atoms with Crippen molar-refractivity contribution in [3.05, 3.63) is 99.7 Å². The first-order chi connectivity index (χ1) is 16.8. The topological polar surface area (TPSA) is 87.7 Å². The molecule has 1 aliphatic heterocycles. The van der Waals surface area contributed by atoms with Gasteiger partial charge in [0.05, 0.1) is 5.69 Å². The highest BCUT2D eigenvalue weighted by Crippen LogP contribution is 2.27. The molecule has 7 nitrogen and oxygen atoms in total. The maximum absolute atomic E-state index is 13.8. The van der Waals surface area contributed by atoms with Crippen LogP contribution >= 0.6 is 15.9 Å². The quantitative estimate of drug-likeness (QED) is 0.331. The highest BCUT2D eigenvalue weighted by Gasteiger charge is 2.35. The van der Waals surface area contributed by atoms with Gasteiger partial charge in [-0.3, -0.25) is 9.59 Å². The molecule has 0 bridgehead atoms. The minimum atomic E-state index is -0.790. The van der Waals surface area contributed by atoms with Crippen molar-refractivity contribution in [1.82, 2.24) is 10.2 Å². The Labute approximate surface area is 207 Å². The molecule has 0 radical (unpaired) electrons. The van der Waals surface area contributed by atoms with Crippen LogP contribution in [0.25, 0.3) is 6.08 Å². The fraction of sp³-hybridized carbons (Fsp3) is 0.0800. The molecule has 1 aliphatic rings. The number of hydrogen-bond acceptors (Lipinski definition) is 4. The zero-order chi connectivity index (χ0) is 24.9. The number of carbonyl (C=O) groups excluding carboxylic acids is 3. The van der Waals surface area contributed by atoms with Gasteiger partial charge in [-0.05, 0) is 54.1 Å². The van der Waals surface area contributed by atoms with Gasteiger partial charge < -0.3 is 15.4 Å². The number of rotatable bonds is 7. The van der Waals surface area contributed by atoms with E-state index in [4.69, 9.17) is 4.74 Å². The van der Waals surface area contributed by atoms with Crippen LogP contribution in [0.15, 0.2) is 76.9 Å². The van der Waals surface area contributed by atoms with Crippen molar-refractivity contribution in [2.45, 2.75) is 6.61 Å². The SMILES string of the molecule is O=C(CN1C(=O)N/C(=C/c2cc(Br)ccc2OCc2cccc(F)c2)C1=O)Nc1ccccc1F. The van der Waals surface area contributed by atoms with Crippen LogP contribution in [0.2, 0.25) is 0 Å². The number of halogens is 3. The Hall–Kier alpha value is -4.05. The summed E-state index contributed by atoms with van der Waals surface area (Å²) in [6.45, 7) is -0.518. The molecule has 1 fully saturated rings. The van der Waals surface area contributed by atoms with Crippen molar-refractivity contribution in [2.75, 3.05) is 11.9 Å². The summed E-state index contributed by atoms with van der Waals surface area (Å²) in [5.41, 5.74) is 0.956. The predicted octanol–water partition coefficient (Wildman–Crippen LogP) is 4.84. The standard InChI is InChI=1S/C25H18BrF2N3O4/c26-17-8-9-22(35-14-15-4-3-5-18(27)10-15)16(11-17)12-21-24(33)31(25(34)30-21)13-23(32)29-20-7-2-1-6-19(20)28/h1-12H,13-14H2,(H,29,32)(H,30,34)/b21-12+. The summed E-state index contributed by atoms with van der Waals surface area (Å²) in [6, 6.07) is 15.8. The van der Waals surface area contributed by atoms with Gasteiger partial charge in [0.2, 0.25) is 5.91 Å². The van der Waals surface area contributed by atoms with Crippen molar-refractivity contribution in [2.24, 2.45) is 0 Å². The van der Waals surface area contributed by atoms with Gasteiger partial charge in [0.15, 0.2) is 0 Å². The van der Waals surface area contributed by atoms with Crippen molar-refractivity contribution >= 4 is 45.5 Å². The maximum Gasteiger partial charge on any atom is 0.329 e. The molecule has 0 aliphatic carbocycles. The molecule has 0 aromatic heterocycles. The summed E-state index contributed by atoms with van der Waals surface area (Å²) >= 11 is 3.36. The molecular weight excluding hydrogens is 524 g/mol. The highest BCUT2D eigenvalue weighted by molar-refractivity contribution is 9.10. The largest absolute Gasteiger partial charge is 0.488 e. The third-order valence-electron chi connectivity index (χ3n) is 4.97. The monoisotopic (exact) mass is 541 g/mol. The lowest BCUT2D eigenvalue weighted by molar-refractivity contribution is -0.127. The molecule has 35 heavy (non-hydrogen) atoms. The second-order valence-electron chi connectivity index (χ2n) is 7.51. The molecule has 4 amide bonds. The first-order valence-corrected chi connectivity index (χ1v) is 11.1. The van der Waals surface area contributed by atoms with Gasteiger partial charge in [-0.15, -0.1) is 0 Å². The molecule has 4 rings (SSSR count). The Kier molecular flexibility index (Phi) is 7.21. The molecule has 10 heteroatoms. The summed E-state index contributed by atoms with van der Waals surface area (Å²) in [5, 5.41) is 4.77. The van der Waals surface area contributed by atoms with E-state index in [2.05, 4.69) is 26.6 Å². The lowest BCUT2D eigenvalue weighted by Crippen LogP contribution is -2.38. The lowest BCUT2D eigenvalue weighted by Gasteiger charge is -2.12. The van der Waals surface area contributed by atoms with Gasteiger partial charge in [0.1, 0.15) is 36.2 Å². The molecule has 2 N–H and O–H groups in total. The highest BCUT2D eigenvalue weighted by atomic mass is 79.9. The Morgan fingerprint density at radius 3 is 2.63 bits per heavy atom. The summed E-state index contributed by atoms with van der Waals surface area (Å²) < 4.78 is 33.7. The number of para-hydroxylation sites is 1. The Balaban J connectivity index is 1.49. The number of anilines is 1. The van der Waals surface area contributed by atoms with Gasteiger partial charge in [-0.1, -0.05) is 40.2 Å². The van der Waals surface area contributed by atoms with Crippen molar-refractivity contribution in [1.29, 1.82) is 0 Å². The number of ether oxygens (including phenoxy) is 1. The lowest BCUT2D eigenvalue weighted by atomic mass is 10.1. The molecule has 0 saturated carbocycles. The van der Waals surface area contributed by atoms with E-state index in [1.54, 1.807) is 36.4 Å². The smallest absolute Gasteiger partial charge is 0.329 e. The van der Waals surface area contributed by atoms with Gasteiger partial charge in [-0.25, -0.2) is 18.5 Å². The Bertz CT molecular complexity index is 1350. The van der Waals surface area contributed by atoms with Crippen LogP contribution < -0.4 is 15.4 Å². The normalized spacial score (nSPS) is 14.3. The number of nitrogens with zero attached hydrogens (tertiary/aromatic N) is 1. The van der Waals surface area contributed by atoms with Crippen LogP contribution in [-0.4, -0.2) is 29.3 Å². The predicted molar refractivity (Wildman–Crippen MR) is 128 cm³/mol. The van der Waals surface area contributed by atoms with E-state index >= 15 is 0 Å². The molecule has 3 aromatic carbocycles. The average molecular weight is 542 g/mol. The fourth-order valence-electron chi connectivity index (χ4n) is 3.32. The molecule has 1 heterocycles. The van der Waals surface area contributed by atoms with Crippen LogP contribution in [-0.2, 0) is 16.2 Å². The number of benzene rings is 3. The Morgan fingerprint density at radius 1 is 1.06 bits per heavy atom. The van der Waals surface area contributed by atoms with Crippen LogP contribution in [0, 0.1) is 11.6 Å². The summed E-state index contributed by atoms with van der Waals surface area (Å²) in [7, 11) is 0. The molecular formula is C25H18BrF2N3O4. The molecule has 178 valence electrons. The molecule has 1 saturated heterocycles. The van der Waals surface area contributed by atoms with Gasteiger partial charge in [0.25, 0.3) is 5.91 Å². The maximum atomic E-state index is 13.8. The number of imide groups is 1. The summed E-state index contributed by atoms with van der Waals surface area (Å²) in [5.74, 6) is -2.10. The van der Waals surface area contributed by atoms with Gasteiger partial charge in [-0.2, -0.15) is 0 Å². The molecule has 0 spiro atoms. The third kappa shape index (κ3) is 5.90. The number of urea groups is 1. The van der Waals surface area contributed by atoms with E-state index in [-0.39, 0.29) is 23.8 Å². The number of carbonyl (C=O) groups is 3. The Morgan fingerprint density at radius 2 is 1.86 bits per heavy atom. The summed E-state index contributed by atoms with van der Waals surface area (Å²) in [6.07, 6.45) is 1.42. The second-order valence-corrected chi connectivity index (χ2v) is 8.42. The molecule has 0 unspecified atom stereocenters. The van der Waals surface area contributed by atoms with Crippen molar-refractivity contribution in [3.63, 3.8) is 0 Å². The first kappa shape index (κ1) is 24.1. The second kappa shape index (κ2) is 10.5. The van der Waals surface area contributed by atoms with E-state index in [1.165, 1.54) is 36.4 Å². The molecule has 3 aromatic rings. The van der Waals surface area contributed by atoms with E-state index in [0.717, 1.165) is 0 Å². The minimum absolute atomic E-state index is 0.0606. The van der Waals surface area contributed by atoms with E-state index in [1.807, 2.05) is 0 Å². The zero-order valence-electron chi connectivity index (χ0n) is 18.1. The van der Waals surface area contributed by atoms with Gasteiger partial charge in [0, 0.05) is 10.0 Å². The van der Waals surface area contributed by atoms with E-state index in [9.17, 15) is 23.2 Å². The van der Waals surface area contributed by atoms with Crippen molar-refractivity contribution < 1.29 is 27.9 Å². The van der Waals surface area contributed by atoms with E-state index < -0.39 is 30.2 Å². The number of nitrogens with one attached hydrogen (secondary N) is 2. The van der Waals surface area contributed by atoms with Crippen LogP contribution in [0.1, 0.15) is 11.1 Å². The number of amides is 4. The van der Waals surface area contributed by atoms with Gasteiger partial charge >= 0.3 is 6.03 Å². The van der Waals surface area contributed by atoms with E-state index in [0.29, 0.717) is 26.2 Å². The number of hydrogen-bond donors (Lipinski definition) is 2. The average Bonchev–Trinajstić information content (AvgIpc) is 3.07. The third-order valence-corrected chi connectivity index (χ3v) is 5.46. The summed E-state index contributed by atoms with van der Waals surface area (Å²) in [4.78, 5) is 38.2. The van der Waals surface area contributed by atoms with Crippen molar-refractivity contribution in [3.8, 4) is 5.75 Å². The first-order valence-electron chi connectivity index (χ1n) is 10.4. The fourth-order valence-corrected chi connectivity index (χ4v) is 3.70. The minimum Gasteiger partial charge on any atom is -0.488 e. The van der Waals surface area contributed by atoms with Crippen LogP contribution in [0.4, 0.5) is 19.3 Å².